The van der Waals surface area contributed by atoms with Crippen molar-refractivity contribution in [2.24, 2.45) is 0 Å². The average molecular weight is 488 g/mol. The van der Waals surface area contributed by atoms with Gasteiger partial charge in [0.15, 0.2) is 5.13 Å². The lowest BCUT2D eigenvalue weighted by Crippen LogP contribution is -2.25. The number of nitrogens with one attached hydrogen (secondary N) is 2. The van der Waals surface area contributed by atoms with Gasteiger partial charge in [0.25, 0.3) is 5.91 Å². The maximum atomic E-state index is 12.5. The van der Waals surface area contributed by atoms with E-state index in [0.29, 0.717) is 20.9 Å². The van der Waals surface area contributed by atoms with E-state index in [1.165, 1.54) is 11.3 Å². The number of aliphatic carboxylic acids is 1. The molecule has 0 saturated carbocycles. The van der Waals surface area contributed by atoms with Gasteiger partial charge >= 0.3 is 12.1 Å². The predicted octanol–water partition coefficient (Wildman–Crippen LogP) is 4.86. The van der Waals surface area contributed by atoms with Gasteiger partial charge in [0.1, 0.15) is 6.61 Å². The summed E-state index contributed by atoms with van der Waals surface area (Å²) in [6, 6.07) is 21.2. The van der Waals surface area contributed by atoms with E-state index in [4.69, 9.17) is 9.84 Å². The third-order valence-electron chi connectivity index (χ3n) is 5.83. The van der Waals surface area contributed by atoms with Crippen molar-refractivity contribution in [3.8, 4) is 11.1 Å². The molecule has 0 unspecified atom stereocenters. The van der Waals surface area contributed by atoms with Crippen LogP contribution in [0.2, 0.25) is 0 Å². The van der Waals surface area contributed by atoms with Gasteiger partial charge in [-0.15, -0.1) is 0 Å². The van der Waals surface area contributed by atoms with Crippen molar-refractivity contribution in [1.29, 1.82) is 0 Å². The highest BCUT2D eigenvalue weighted by Crippen LogP contribution is 2.44. The molecule has 3 N–H and O–H groups in total. The van der Waals surface area contributed by atoms with Gasteiger partial charge in [0.05, 0.1) is 16.6 Å². The van der Waals surface area contributed by atoms with Crippen LogP contribution in [0.4, 0.5) is 9.93 Å². The van der Waals surface area contributed by atoms with Gasteiger partial charge in [-0.05, 0) is 40.5 Å². The Morgan fingerprint density at radius 2 is 1.66 bits per heavy atom. The first-order chi connectivity index (χ1) is 17.0. The summed E-state index contributed by atoms with van der Waals surface area (Å²) in [5.41, 5.74) is 5.61. The molecular formula is C26H21N3O5S. The van der Waals surface area contributed by atoms with E-state index in [9.17, 15) is 14.4 Å². The van der Waals surface area contributed by atoms with Gasteiger partial charge in [-0.3, -0.25) is 14.9 Å². The number of carboxylic acids is 1. The molecule has 0 fully saturated rings. The third kappa shape index (κ3) is 4.71. The highest BCUT2D eigenvalue weighted by atomic mass is 32.1. The van der Waals surface area contributed by atoms with Crippen LogP contribution in [0.15, 0.2) is 66.7 Å². The fraction of sp³-hybridized carbons (Fsp3) is 0.154. The van der Waals surface area contributed by atoms with Crippen molar-refractivity contribution in [2.45, 2.75) is 12.3 Å². The number of nitrogens with zero attached hydrogens (tertiary/aromatic N) is 1. The number of hydrogen-bond donors (Lipinski definition) is 3. The van der Waals surface area contributed by atoms with Gasteiger partial charge in [-0.2, -0.15) is 0 Å². The molecule has 1 aliphatic rings. The molecule has 0 saturated heterocycles. The summed E-state index contributed by atoms with van der Waals surface area (Å²) < 4.78 is 6.28. The van der Waals surface area contributed by atoms with Crippen LogP contribution in [0.5, 0.6) is 0 Å². The monoisotopic (exact) mass is 487 g/mol. The highest BCUT2D eigenvalue weighted by molar-refractivity contribution is 7.22. The summed E-state index contributed by atoms with van der Waals surface area (Å²) >= 11 is 1.22. The number of carbonyl (C=O) groups excluding carboxylic acids is 2. The van der Waals surface area contributed by atoms with Gasteiger partial charge in [-0.1, -0.05) is 59.9 Å². The second kappa shape index (κ2) is 9.55. The molecule has 1 heterocycles. The minimum atomic E-state index is -0.979. The Kier molecular flexibility index (Phi) is 6.15. The molecule has 0 spiro atoms. The topological polar surface area (TPSA) is 118 Å². The SMILES string of the molecule is O=C(O)CCNC(=O)c1ccc2nc(NC(=O)OCC3c4ccccc4-c4ccccc43)sc2c1. The van der Waals surface area contributed by atoms with E-state index in [-0.39, 0.29) is 31.4 Å². The fourth-order valence-electron chi connectivity index (χ4n) is 4.23. The molecule has 5 rings (SSSR count). The summed E-state index contributed by atoms with van der Waals surface area (Å²) in [5.74, 6) is -1.38. The maximum Gasteiger partial charge on any atom is 0.413 e. The summed E-state index contributed by atoms with van der Waals surface area (Å²) in [7, 11) is 0. The van der Waals surface area contributed by atoms with E-state index >= 15 is 0 Å². The Labute approximate surface area is 204 Å². The second-order valence-electron chi connectivity index (χ2n) is 8.05. The standard InChI is InChI=1S/C26H21N3O5S/c30-23(31)11-12-27-24(32)15-9-10-21-22(13-15)35-25(28-21)29-26(33)34-14-20-18-7-3-1-5-16(18)17-6-2-4-8-19(17)20/h1-10,13,20H,11-12,14H2,(H,27,32)(H,30,31)(H,28,29,33). The van der Waals surface area contributed by atoms with E-state index in [2.05, 4.69) is 39.9 Å². The Bertz CT molecular complexity index is 1400. The molecule has 1 aromatic heterocycles. The molecule has 9 heteroatoms. The number of rotatable bonds is 7. The fourth-order valence-corrected chi connectivity index (χ4v) is 5.12. The normalized spacial score (nSPS) is 12.1. The van der Waals surface area contributed by atoms with Crippen LogP contribution in [0.3, 0.4) is 0 Å². The number of carboxylic acid groups (broad SMARTS) is 1. The van der Waals surface area contributed by atoms with Crippen molar-refractivity contribution >= 4 is 44.7 Å². The number of hydrogen-bond acceptors (Lipinski definition) is 6. The number of ether oxygens (including phenoxy) is 1. The van der Waals surface area contributed by atoms with Crippen LogP contribution >= 0.6 is 11.3 Å². The minimum Gasteiger partial charge on any atom is -0.481 e. The van der Waals surface area contributed by atoms with Crippen molar-refractivity contribution in [2.75, 3.05) is 18.5 Å². The number of carbonyl (C=O) groups is 3. The lowest BCUT2D eigenvalue weighted by atomic mass is 9.98. The van der Waals surface area contributed by atoms with Crippen molar-refractivity contribution in [3.63, 3.8) is 0 Å². The van der Waals surface area contributed by atoms with Crippen molar-refractivity contribution < 1.29 is 24.2 Å². The van der Waals surface area contributed by atoms with Gasteiger partial charge in [-0.25, -0.2) is 9.78 Å². The molecule has 3 aromatic carbocycles. The van der Waals surface area contributed by atoms with Gasteiger partial charge in [0.2, 0.25) is 0 Å². The van der Waals surface area contributed by atoms with Crippen LogP contribution in [0.25, 0.3) is 21.3 Å². The molecular weight excluding hydrogens is 466 g/mol. The van der Waals surface area contributed by atoms with Crippen molar-refractivity contribution in [3.05, 3.63) is 83.4 Å². The molecule has 8 nitrogen and oxygen atoms in total. The van der Waals surface area contributed by atoms with Gasteiger partial charge < -0.3 is 15.2 Å². The average Bonchev–Trinajstić information content (AvgIpc) is 3.40. The molecule has 176 valence electrons. The molecule has 35 heavy (non-hydrogen) atoms. The molecule has 4 aromatic rings. The zero-order chi connectivity index (χ0) is 24.4. The van der Waals surface area contributed by atoms with Crippen molar-refractivity contribution in [1.82, 2.24) is 10.3 Å². The van der Waals surface area contributed by atoms with E-state index in [1.54, 1.807) is 18.2 Å². The van der Waals surface area contributed by atoms with E-state index in [0.717, 1.165) is 22.3 Å². The first-order valence-electron chi connectivity index (χ1n) is 11.0. The largest absolute Gasteiger partial charge is 0.481 e. The zero-order valence-corrected chi connectivity index (χ0v) is 19.3. The van der Waals surface area contributed by atoms with Crippen LogP contribution in [-0.4, -0.2) is 41.2 Å². The lowest BCUT2D eigenvalue weighted by Gasteiger charge is -2.14. The number of benzene rings is 3. The minimum absolute atomic E-state index is 0.0364. The second-order valence-corrected chi connectivity index (χ2v) is 9.08. The third-order valence-corrected chi connectivity index (χ3v) is 6.76. The smallest absolute Gasteiger partial charge is 0.413 e. The quantitative estimate of drug-likeness (QED) is 0.343. The predicted molar refractivity (Wildman–Crippen MR) is 133 cm³/mol. The number of fused-ring (bicyclic) bond motifs is 4. The molecule has 0 atom stereocenters. The summed E-state index contributed by atoms with van der Waals surface area (Å²) in [6.07, 6.45) is -0.750. The number of anilines is 1. The van der Waals surface area contributed by atoms with Gasteiger partial charge in [0, 0.05) is 18.0 Å². The Balaban J connectivity index is 1.23. The van der Waals surface area contributed by atoms with E-state index < -0.39 is 12.1 Å². The number of aromatic nitrogens is 1. The molecule has 0 bridgehead atoms. The summed E-state index contributed by atoms with van der Waals surface area (Å²) in [6.45, 7) is 0.245. The first kappa shape index (κ1) is 22.5. The maximum absolute atomic E-state index is 12.5. The van der Waals surface area contributed by atoms with Crippen LogP contribution in [0.1, 0.15) is 33.8 Å². The highest BCUT2D eigenvalue weighted by Gasteiger charge is 2.29. The first-order valence-corrected chi connectivity index (χ1v) is 11.8. The van der Waals surface area contributed by atoms with E-state index in [1.807, 2.05) is 24.3 Å². The summed E-state index contributed by atoms with van der Waals surface area (Å²) in [5, 5.41) is 14.3. The van der Waals surface area contributed by atoms with Crippen LogP contribution < -0.4 is 10.6 Å². The lowest BCUT2D eigenvalue weighted by molar-refractivity contribution is -0.136. The molecule has 1 aliphatic carbocycles. The Morgan fingerprint density at radius 3 is 2.34 bits per heavy atom. The molecule has 2 amide bonds. The Morgan fingerprint density at radius 1 is 0.971 bits per heavy atom. The Hall–Kier alpha value is -4.24. The molecule has 0 radical (unpaired) electrons. The zero-order valence-electron chi connectivity index (χ0n) is 18.5. The van der Waals surface area contributed by atoms with Crippen LogP contribution in [-0.2, 0) is 9.53 Å². The number of thiazole rings is 1. The van der Waals surface area contributed by atoms with Crippen LogP contribution in [0, 0.1) is 0 Å². The molecule has 0 aliphatic heterocycles. The summed E-state index contributed by atoms with van der Waals surface area (Å²) in [4.78, 5) is 39.8. The number of amides is 2.